The molecule has 176 valence electrons. The standard InChI is InChI=1S/C25H31N3O5/c1-15-8-7-11-19(16(15)2)26-23(29)25(31)18-9-5-6-10-20(18)27-24(30)28(25)21-13-12-17(32-3)14-22(21)33-4/h5-6,9-10,12-16,19,31H,7-8,11H2,1-4H3,(H,26,29)(H,27,30)/t15-,16+,19+,25-/m0/s1. The predicted molar refractivity (Wildman–Crippen MR) is 125 cm³/mol. The highest BCUT2D eigenvalue weighted by atomic mass is 16.5. The summed E-state index contributed by atoms with van der Waals surface area (Å²) < 4.78 is 10.8. The minimum Gasteiger partial charge on any atom is -0.497 e. The maximum atomic E-state index is 13.8. The van der Waals surface area contributed by atoms with Crippen molar-refractivity contribution in [2.24, 2.45) is 11.8 Å². The third kappa shape index (κ3) is 3.88. The number of hydrogen-bond donors (Lipinski definition) is 3. The van der Waals surface area contributed by atoms with Crippen molar-refractivity contribution in [3.63, 3.8) is 0 Å². The van der Waals surface area contributed by atoms with Crippen LogP contribution < -0.4 is 25.0 Å². The summed E-state index contributed by atoms with van der Waals surface area (Å²) in [7, 11) is 2.98. The summed E-state index contributed by atoms with van der Waals surface area (Å²) >= 11 is 0. The molecule has 1 fully saturated rings. The van der Waals surface area contributed by atoms with Crippen LogP contribution in [-0.2, 0) is 10.5 Å². The highest BCUT2D eigenvalue weighted by Crippen LogP contribution is 2.44. The van der Waals surface area contributed by atoms with Crippen molar-refractivity contribution in [1.82, 2.24) is 5.32 Å². The SMILES string of the molecule is COc1ccc(N2C(=O)Nc3ccccc3[C@]2(O)C(=O)N[C@@H]2CCC[C@H](C)[C@H]2C)c(OC)c1. The number of aliphatic hydroxyl groups is 1. The van der Waals surface area contributed by atoms with E-state index in [0.717, 1.165) is 24.2 Å². The molecule has 0 unspecified atom stereocenters. The van der Waals surface area contributed by atoms with Gasteiger partial charge in [0, 0.05) is 17.7 Å². The van der Waals surface area contributed by atoms with Crippen LogP contribution in [0.15, 0.2) is 42.5 Å². The van der Waals surface area contributed by atoms with Gasteiger partial charge >= 0.3 is 6.03 Å². The number of nitrogens with one attached hydrogen (secondary N) is 2. The largest absolute Gasteiger partial charge is 0.497 e. The molecule has 33 heavy (non-hydrogen) atoms. The van der Waals surface area contributed by atoms with Crippen LogP contribution in [0.3, 0.4) is 0 Å². The second kappa shape index (κ2) is 8.94. The quantitative estimate of drug-likeness (QED) is 0.639. The van der Waals surface area contributed by atoms with Gasteiger partial charge in [0.15, 0.2) is 0 Å². The number of carbonyl (C=O) groups excluding carboxylic acids is 2. The van der Waals surface area contributed by atoms with Crippen molar-refractivity contribution in [3.05, 3.63) is 48.0 Å². The predicted octanol–water partition coefficient (Wildman–Crippen LogP) is 3.84. The van der Waals surface area contributed by atoms with E-state index in [1.165, 1.54) is 14.2 Å². The zero-order valence-electron chi connectivity index (χ0n) is 19.4. The van der Waals surface area contributed by atoms with E-state index in [1.54, 1.807) is 42.5 Å². The molecule has 0 bridgehead atoms. The molecule has 0 spiro atoms. The number of rotatable bonds is 5. The Bertz CT molecular complexity index is 1060. The molecule has 0 saturated heterocycles. The molecule has 2 aromatic rings. The number of amides is 3. The van der Waals surface area contributed by atoms with E-state index in [0.29, 0.717) is 17.4 Å². The Balaban J connectivity index is 1.82. The maximum absolute atomic E-state index is 13.8. The van der Waals surface area contributed by atoms with E-state index in [2.05, 4.69) is 24.5 Å². The van der Waals surface area contributed by atoms with Crippen molar-refractivity contribution >= 4 is 23.3 Å². The van der Waals surface area contributed by atoms with E-state index in [9.17, 15) is 14.7 Å². The summed E-state index contributed by atoms with van der Waals surface area (Å²) in [5, 5.41) is 17.9. The van der Waals surface area contributed by atoms with Crippen LogP contribution in [0.1, 0.15) is 38.7 Å². The first-order valence-electron chi connectivity index (χ1n) is 11.3. The Morgan fingerprint density at radius 3 is 2.64 bits per heavy atom. The van der Waals surface area contributed by atoms with Crippen LogP contribution in [0.5, 0.6) is 11.5 Å². The first-order chi connectivity index (χ1) is 15.8. The number of carbonyl (C=O) groups is 2. The molecule has 3 N–H and O–H groups in total. The monoisotopic (exact) mass is 453 g/mol. The van der Waals surface area contributed by atoms with Crippen LogP contribution in [-0.4, -0.2) is 37.3 Å². The normalized spacial score (nSPS) is 26.8. The first-order valence-corrected chi connectivity index (χ1v) is 11.3. The Hall–Kier alpha value is -3.26. The number of hydrogen-bond acceptors (Lipinski definition) is 5. The number of methoxy groups -OCH3 is 2. The van der Waals surface area contributed by atoms with Crippen molar-refractivity contribution in [1.29, 1.82) is 0 Å². The topological polar surface area (TPSA) is 100 Å². The van der Waals surface area contributed by atoms with Gasteiger partial charge in [-0.1, -0.05) is 44.9 Å². The van der Waals surface area contributed by atoms with Gasteiger partial charge in [0.1, 0.15) is 11.5 Å². The number of benzene rings is 2. The number of fused-ring (bicyclic) bond motifs is 1. The average molecular weight is 454 g/mol. The van der Waals surface area contributed by atoms with Crippen LogP contribution in [0, 0.1) is 11.8 Å². The molecular formula is C25H31N3O5. The van der Waals surface area contributed by atoms with Gasteiger partial charge in [0.05, 0.1) is 25.6 Å². The lowest BCUT2D eigenvalue weighted by Gasteiger charge is -2.44. The summed E-state index contributed by atoms with van der Waals surface area (Å²) in [5.41, 5.74) is -1.36. The van der Waals surface area contributed by atoms with Gasteiger partial charge < -0.3 is 25.2 Å². The maximum Gasteiger partial charge on any atom is 0.329 e. The Labute approximate surface area is 193 Å². The van der Waals surface area contributed by atoms with E-state index >= 15 is 0 Å². The van der Waals surface area contributed by atoms with Crippen LogP contribution >= 0.6 is 0 Å². The highest BCUT2D eigenvalue weighted by Gasteiger charge is 2.53. The van der Waals surface area contributed by atoms with E-state index in [1.807, 2.05) is 0 Å². The second-order valence-corrected chi connectivity index (χ2v) is 8.87. The van der Waals surface area contributed by atoms with E-state index in [-0.39, 0.29) is 29.0 Å². The highest BCUT2D eigenvalue weighted by molar-refractivity contribution is 6.12. The Morgan fingerprint density at radius 1 is 1.15 bits per heavy atom. The van der Waals surface area contributed by atoms with E-state index in [4.69, 9.17) is 9.47 Å². The molecular weight excluding hydrogens is 422 g/mol. The molecule has 1 saturated carbocycles. The Morgan fingerprint density at radius 2 is 1.91 bits per heavy atom. The van der Waals surface area contributed by atoms with Gasteiger partial charge in [-0.2, -0.15) is 0 Å². The van der Waals surface area contributed by atoms with Gasteiger partial charge in [0.2, 0.25) is 0 Å². The minimum atomic E-state index is -2.28. The van der Waals surface area contributed by atoms with Crippen LogP contribution in [0.4, 0.5) is 16.2 Å². The molecule has 1 aliphatic carbocycles. The van der Waals surface area contributed by atoms with Crippen molar-refractivity contribution in [2.75, 3.05) is 24.4 Å². The molecule has 3 amide bonds. The second-order valence-electron chi connectivity index (χ2n) is 8.87. The number of anilines is 2. The molecule has 2 aromatic carbocycles. The summed E-state index contributed by atoms with van der Waals surface area (Å²) in [6, 6.07) is 10.9. The van der Waals surface area contributed by atoms with Gasteiger partial charge in [0.25, 0.3) is 11.6 Å². The fourth-order valence-electron chi connectivity index (χ4n) is 4.87. The number of ether oxygens (including phenoxy) is 2. The molecule has 0 radical (unpaired) electrons. The number of urea groups is 1. The molecule has 8 nitrogen and oxygen atoms in total. The molecule has 4 atom stereocenters. The van der Waals surface area contributed by atoms with Gasteiger partial charge in [-0.25, -0.2) is 9.69 Å². The molecule has 0 aromatic heterocycles. The summed E-state index contributed by atoms with van der Waals surface area (Å²) in [4.78, 5) is 28.2. The van der Waals surface area contributed by atoms with Gasteiger partial charge in [-0.3, -0.25) is 4.79 Å². The molecule has 1 aliphatic heterocycles. The van der Waals surface area contributed by atoms with Gasteiger partial charge in [-0.15, -0.1) is 0 Å². The van der Waals surface area contributed by atoms with Crippen molar-refractivity contribution < 1.29 is 24.2 Å². The molecule has 8 heteroatoms. The van der Waals surface area contributed by atoms with Crippen LogP contribution in [0.25, 0.3) is 0 Å². The number of para-hydroxylation sites is 1. The Kier molecular flexibility index (Phi) is 6.21. The summed E-state index contributed by atoms with van der Waals surface area (Å²) in [5.74, 6) is 0.871. The third-order valence-corrected chi connectivity index (χ3v) is 7.04. The van der Waals surface area contributed by atoms with Crippen LogP contribution in [0.2, 0.25) is 0 Å². The molecule has 2 aliphatic rings. The van der Waals surface area contributed by atoms with Gasteiger partial charge in [-0.05, 0) is 36.5 Å². The molecule has 1 heterocycles. The van der Waals surface area contributed by atoms with Crippen molar-refractivity contribution in [3.8, 4) is 11.5 Å². The summed E-state index contributed by atoms with van der Waals surface area (Å²) in [6.45, 7) is 4.29. The lowest BCUT2D eigenvalue weighted by molar-refractivity contribution is -0.141. The number of nitrogens with zero attached hydrogens (tertiary/aromatic N) is 1. The smallest absolute Gasteiger partial charge is 0.329 e. The average Bonchev–Trinajstić information content (AvgIpc) is 2.82. The van der Waals surface area contributed by atoms with Crippen molar-refractivity contribution in [2.45, 2.75) is 44.9 Å². The fourth-order valence-corrected chi connectivity index (χ4v) is 4.87. The first kappa shape index (κ1) is 22.9. The fraction of sp³-hybridized carbons (Fsp3) is 0.440. The van der Waals surface area contributed by atoms with E-state index < -0.39 is 17.7 Å². The summed E-state index contributed by atoms with van der Waals surface area (Å²) in [6.07, 6.45) is 2.94. The third-order valence-electron chi connectivity index (χ3n) is 7.04. The lowest BCUT2D eigenvalue weighted by Crippen LogP contribution is -2.64. The zero-order chi connectivity index (χ0) is 23.8. The minimum absolute atomic E-state index is 0.0953. The molecule has 4 rings (SSSR count). The lowest BCUT2D eigenvalue weighted by atomic mass is 9.78. The zero-order valence-corrected chi connectivity index (χ0v) is 19.4.